The summed E-state index contributed by atoms with van der Waals surface area (Å²) in [6, 6.07) is 12.7. The lowest BCUT2D eigenvalue weighted by molar-refractivity contribution is -0.134. The maximum atomic E-state index is 12.9. The van der Waals surface area contributed by atoms with Crippen LogP contribution in [0.2, 0.25) is 0 Å². The Hall–Kier alpha value is -2.14. The van der Waals surface area contributed by atoms with E-state index in [9.17, 15) is 13.2 Å². The molecule has 2 aromatic carbocycles. The van der Waals surface area contributed by atoms with E-state index in [1.165, 1.54) is 19.3 Å². The number of carbonyl (C=O) groups excluding carboxylic acids is 1. The molecule has 0 saturated heterocycles. The number of sulfone groups is 1. The quantitative estimate of drug-likeness (QED) is 0.643. The van der Waals surface area contributed by atoms with Gasteiger partial charge in [0.2, 0.25) is 0 Å². The lowest BCUT2D eigenvalue weighted by Gasteiger charge is -2.13. The molecule has 5 heteroatoms. The summed E-state index contributed by atoms with van der Waals surface area (Å²) >= 11 is 0. The number of hydrogen-bond donors (Lipinski definition) is 0. The Bertz CT molecular complexity index is 861. The molecule has 4 nitrogen and oxygen atoms in total. The average molecular weight is 316 g/mol. The van der Waals surface area contributed by atoms with Crippen LogP contribution in [0.4, 0.5) is 0 Å². The second kappa shape index (κ2) is 5.25. The minimum atomic E-state index is -3.52. The molecule has 114 valence electrons. The molecule has 0 radical (unpaired) electrons. The molecular weight excluding hydrogens is 300 g/mol. The summed E-state index contributed by atoms with van der Waals surface area (Å²) in [7, 11) is -2.25. The third-order valence-electron chi connectivity index (χ3n) is 4.03. The van der Waals surface area contributed by atoms with Gasteiger partial charge in [-0.1, -0.05) is 36.4 Å². The fraction of sp³-hybridized carbons (Fsp3) is 0.235. The van der Waals surface area contributed by atoms with E-state index < -0.39 is 20.6 Å². The average Bonchev–Trinajstić information content (AvgIpc) is 3.33. The fourth-order valence-corrected chi connectivity index (χ4v) is 4.39. The van der Waals surface area contributed by atoms with Gasteiger partial charge in [-0.15, -0.1) is 0 Å². The molecule has 0 bridgehead atoms. The molecule has 1 saturated carbocycles. The number of fused-ring (bicyclic) bond motifs is 1. The van der Waals surface area contributed by atoms with E-state index in [4.69, 9.17) is 0 Å². The first-order valence-corrected chi connectivity index (χ1v) is 8.47. The smallest absolute Gasteiger partial charge is 0.330 e. The van der Waals surface area contributed by atoms with Crippen molar-refractivity contribution >= 4 is 26.6 Å². The maximum Gasteiger partial charge on any atom is 0.330 e. The third-order valence-corrected chi connectivity index (χ3v) is 6.52. The van der Waals surface area contributed by atoms with E-state index >= 15 is 0 Å². The second-order valence-corrected chi connectivity index (χ2v) is 7.72. The van der Waals surface area contributed by atoms with Gasteiger partial charge in [-0.25, -0.2) is 13.2 Å². The number of hydrogen-bond acceptors (Lipinski definition) is 4. The van der Waals surface area contributed by atoms with Crippen molar-refractivity contribution in [1.82, 2.24) is 0 Å². The Labute approximate surface area is 129 Å². The highest BCUT2D eigenvalue weighted by molar-refractivity contribution is 7.93. The Kier molecular flexibility index (Phi) is 3.53. The Morgan fingerprint density at radius 1 is 1.14 bits per heavy atom. The highest BCUT2D eigenvalue weighted by atomic mass is 32.2. The van der Waals surface area contributed by atoms with Crippen molar-refractivity contribution in [1.29, 1.82) is 0 Å². The van der Waals surface area contributed by atoms with Crippen molar-refractivity contribution in [3.63, 3.8) is 0 Å². The molecule has 3 rings (SSSR count). The molecule has 0 N–H and O–H groups in total. The number of esters is 1. The topological polar surface area (TPSA) is 60.4 Å². The zero-order chi connectivity index (χ0) is 15.8. The highest BCUT2D eigenvalue weighted by Gasteiger charge is 2.53. The van der Waals surface area contributed by atoms with E-state index in [0.29, 0.717) is 17.7 Å². The molecule has 22 heavy (non-hydrogen) atoms. The number of methoxy groups -OCH3 is 1. The van der Waals surface area contributed by atoms with Crippen LogP contribution in [0.1, 0.15) is 12.8 Å². The van der Waals surface area contributed by atoms with E-state index in [2.05, 4.69) is 4.74 Å². The monoisotopic (exact) mass is 316 g/mol. The summed E-state index contributed by atoms with van der Waals surface area (Å²) in [6.07, 6.45) is 3.71. The number of rotatable bonds is 4. The molecule has 1 aliphatic rings. The van der Waals surface area contributed by atoms with Gasteiger partial charge in [0, 0.05) is 6.08 Å². The van der Waals surface area contributed by atoms with Crippen LogP contribution in [-0.4, -0.2) is 26.2 Å². The van der Waals surface area contributed by atoms with Crippen LogP contribution in [0.5, 0.6) is 0 Å². The van der Waals surface area contributed by atoms with Gasteiger partial charge in [0.15, 0.2) is 9.84 Å². The zero-order valence-electron chi connectivity index (χ0n) is 12.2. The van der Waals surface area contributed by atoms with E-state index in [1.54, 1.807) is 12.1 Å². The number of ether oxygens (including phenoxy) is 1. The summed E-state index contributed by atoms with van der Waals surface area (Å²) in [5, 5.41) is 1.88. The van der Waals surface area contributed by atoms with Crippen LogP contribution in [0, 0.1) is 0 Å². The SMILES string of the molecule is COC(=O)/C=C/C1(S(=O)(=O)c2ccc3ccccc3c2)CC1. The van der Waals surface area contributed by atoms with Crippen LogP contribution < -0.4 is 0 Å². The van der Waals surface area contributed by atoms with Gasteiger partial charge in [0.25, 0.3) is 0 Å². The van der Waals surface area contributed by atoms with E-state index in [-0.39, 0.29) is 0 Å². The molecule has 1 fully saturated rings. The maximum absolute atomic E-state index is 12.9. The fourth-order valence-electron chi connectivity index (χ4n) is 2.51. The molecule has 1 aliphatic carbocycles. The first-order chi connectivity index (χ1) is 10.5. The lowest BCUT2D eigenvalue weighted by Crippen LogP contribution is -2.21. The van der Waals surface area contributed by atoms with Crippen molar-refractivity contribution in [2.24, 2.45) is 0 Å². The Morgan fingerprint density at radius 3 is 2.45 bits per heavy atom. The van der Waals surface area contributed by atoms with E-state index in [0.717, 1.165) is 10.8 Å². The van der Waals surface area contributed by atoms with Crippen LogP contribution >= 0.6 is 0 Å². The van der Waals surface area contributed by atoms with Gasteiger partial charge in [0.05, 0.1) is 16.8 Å². The predicted molar refractivity (Wildman–Crippen MR) is 84.3 cm³/mol. The minimum absolute atomic E-state index is 0.290. The summed E-state index contributed by atoms with van der Waals surface area (Å²) in [6.45, 7) is 0. The molecule has 0 aliphatic heterocycles. The van der Waals surface area contributed by atoms with Gasteiger partial charge in [-0.2, -0.15) is 0 Å². The first kappa shape index (κ1) is 14.8. The van der Waals surface area contributed by atoms with Gasteiger partial charge < -0.3 is 4.74 Å². The zero-order valence-corrected chi connectivity index (χ0v) is 13.0. The van der Waals surface area contributed by atoms with Gasteiger partial charge >= 0.3 is 5.97 Å². The van der Waals surface area contributed by atoms with Crippen LogP contribution in [0.15, 0.2) is 59.5 Å². The molecule has 0 unspecified atom stereocenters. The lowest BCUT2D eigenvalue weighted by atomic mass is 10.1. The molecule has 0 atom stereocenters. The highest BCUT2D eigenvalue weighted by Crippen LogP contribution is 2.48. The van der Waals surface area contributed by atoms with Crippen molar-refractivity contribution in [2.75, 3.05) is 7.11 Å². The molecule has 0 aromatic heterocycles. The van der Waals surface area contributed by atoms with Crippen molar-refractivity contribution in [3.05, 3.63) is 54.6 Å². The van der Waals surface area contributed by atoms with Crippen molar-refractivity contribution < 1.29 is 17.9 Å². The second-order valence-electron chi connectivity index (χ2n) is 5.43. The van der Waals surface area contributed by atoms with E-state index in [1.807, 2.05) is 30.3 Å². The Balaban J connectivity index is 2.01. The van der Waals surface area contributed by atoms with Gasteiger partial charge in [-0.05, 0) is 35.7 Å². The summed E-state index contributed by atoms with van der Waals surface area (Å²) in [5.41, 5.74) is 0. The van der Waals surface area contributed by atoms with Gasteiger partial charge in [0.1, 0.15) is 0 Å². The molecular formula is C17H16O4S. The number of carbonyl (C=O) groups is 1. The first-order valence-electron chi connectivity index (χ1n) is 6.99. The molecule has 0 heterocycles. The summed E-state index contributed by atoms with van der Waals surface area (Å²) < 4.78 is 29.3. The largest absolute Gasteiger partial charge is 0.466 e. The third kappa shape index (κ3) is 2.41. The summed E-state index contributed by atoms with van der Waals surface area (Å²) in [4.78, 5) is 11.5. The number of benzene rings is 2. The van der Waals surface area contributed by atoms with Crippen LogP contribution in [-0.2, 0) is 19.4 Å². The predicted octanol–water partition coefficient (Wildman–Crippen LogP) is 2.88. The van der Waals surface area contributed by atoms with Crippen LogP contribution in [0.25, 0.3) is 10.8 Å². The van der Waals surface area contributed by atoms with Crippen LogP contribution in [0.3, 0.4) is 0 Å². The molecule has 2 aromatic rings. The van der Waals surface area contributed by atoms with Gasteiger partial charge in [-0.3, -0.25) is 0 Å². The minimum Gasteiger partial charge on any atom is -0.466 e. The van der Waals surface area contributed by atoms with Crippen molar-refractivity contribution in [2.45, 2.75) is 22.5 Å². The molecule has 0 spiro atoms. The van der Waals surface area contributed by atoms with Crippen molar-refractivity contribution in [3.8, 4) is 0 Å². The normalized spacial score (nSPS) is 16.8. The summed E-state index contributed by atoms with van der Waals surface area (Å²) in [5.74, 6) is -0.542. The standard InChI is InChI=1S/C17H16O4S/c1-21-16(18)8-9-17(10-11-17)22(19,20)15-7-6-13-4-2-3-5-14(13)12-15/h2-9,12H,10-11H2,1H3/b9-8+. The molecule has 0 amide bonds. The Morgan fingerprint density at radius 2 is 1.82 bits per heavy atom.